The SMILES string of the molecule is CCCOc1ccc(/C=C2\N=C(c3ccc4c(c3)OCO4)OC2=O)cc1OCC. The maximum absolute atomic E-state index is 12.3. The summed E-state index contributed by atoms with van der Waals surface area (Å²) in [4.78, 5) is 16.6. The zero-order chi connectivity index (χ0) is 20.2. The monoisotopic (exact) mass is 395 g/mol. The quantitative estimate of drug-likeness (QED) is 0.522. The largest absolute Gasteiger partial charge is 0.490 e. The first-order chi connectivity index (χ1) is 14.2. The lowest BCUT2D eigenvalue weighted by Gasteiger charge is -2.12. The number of carbonyl (C=O) groups excluding carboxylic acids is 1. The number of carbonyl (C=O) groups is 1. The molecule has 0 spiro atoms. The highest BCUT2D eigenvalue weighted by molar-refractivity contribution is 6.13. The first kappa shape index (κ1) is 18.9. The maximum atomic E-state index is 12.3. The molecule has 0 bridgehead atoms. The Kier molecular flexibility index (Phi) is 5.37. The zero-order valence-electron chi connectivity index (χ0n) is 16.3. The molecule has 2 aromatic rings. The molecule has 2 aliphatic heterocycles. The summed E-state index contributed by atoms with van der Waals surface area (Å²) in [6, 6.07) is 10.8. The predicted molar refractivity (Wildman–Crippen MR) is 107 cm³/mol. The van der Waals surface area contributed by atoms with E-state index in [1.807, 2.05) is 32.0 Å². The average molecular weight is 395 g/mol. The van der Waals surface area contributed by atoms with Gasteiger partial charge in [0.2, 0.25) is 12.7 Å². The van der Waals surface area contributed by atoms with Gasteiger partial charge in [0.15, 0.2) is 28.7 Å². The van der Waals surface area contributed by atoms with E-state index in [0.29, 0.717) is 41.8 Å². The molecule has 7 nitrogen and oxygen atoms in total. The standard InChI is InChI=1S/C22H21NO6/c1-3-9-26-17-7-5-14(11-19(17)25-4-2)10-16-22(24)29-21(23-16)15-6-8-18-20(12-15)28-13-27-18/h5-8,10-12H,3-4,9,13H2,1-2H3/b16-10-. The van der Waals surface area contributed by atoms with E-state index >= 15 is 0 Å². The summed E-state index contributed by atoms with van der Waals surface area (Å²) in [5.41, 5.74) is 1.62. The Balaban J connectivity index is 1.60. The van der Waals surface area contributed by atoms with Crippen LogP contribution in [-0.2, 0) is 9.53 Å². The van der Waals surface area contributed by atoms with Crippen LogP contribution in [0.25, 0.3) is 6.08 Å². The van der Waals surface area contributed by atoms with Crippen molar-refractivity contribution in [2.45, 2.75) is 20.3 Å². The third-order valence-electron chi connectivity index (χ3n) is 4.27. The zero-order valence-corrected chi connectivity index (χ0v) is 16.3. The van der Waals surface area contributed by atoms with E-state index in [9.17, 15) is 4.79 Å². The molecule has 0 amide bonds. The van der Waals surface area contributed by atoms with Crippen molar-refractivity contribution in [3.8, 4) is 23.0 Å². The first-order valence-corrected chi connectivity index (χ1v) is 9.50. The van der Waals surface area contributed by atoms with Crippen LogP contribution in [0.3, 0.4) is 0 Å². The molecule has 29 heavy (non-hydrogen) atoms. The van der Waals surface area contributed by atoms with E-state index in [2.05, 4.69) is 4.99 Å². The highest BCUT2D eigenvalue weighted by atomic mass is 16.7. The normalized spacial score (nSPS) is 16.0. The van der Waals surface area contributed by atoms with Gasteiger partial charge in [0, 0.05) is 5.56 Å². The van der Waals surface area contributed by atoms with Crippen LogP contribution in [0.4, 0.5) is 0 Å². The molecule has 0 saturated heterocycles. The number of hydrogen-bond acceptors (Lipinski definition) is 7. The molecule has 0 radical (unpaired) electrons. The van der Waals surface area contributed by atoms with Gasteiger partial charge < -0.3 is 23.7 Å². The summed E-state index contributed by atoms with van der Waals surface area (Å²) in [6.45, 7) is 5.24. The van der Waals surface area contributed by atoms with E-state index in [-0.39, 0.29) is 18.4 Å². The van der Waals surface area contributed by atoms with Gasteiger partial charge in [0.25, 0.3) is 0 Å². The second kappa shape index (κ2) is 8.26. The summed E-state index contributed by atoms with van der Waals surface area (Å²) in [5.74, 6) is 2.27. The number of esters is 1. The molecule has 0 atom stereocenters. The van der Waals surface area contributed by atoms with Gasteiger partial charge in [-0.2, -0.15) is 0 Å². The minimum absolute atomic E-state index is 0.177. The Labute approximate surface area is 168 Å². The summed E-state index contributed by atoms with van der Waals surface area (Å²) < 4.78 is 27.4. The number of nitrogens with zero attached hydrogens (tertiary/aromatic N) is 1. The van der Waals surface area contributed by atoms with Crippen LogP contribution in [0.15, 0.2) is 47.1 Å². The van der Waals surface area contributed by atoms with Gasteiger partial charge in [-0.1, -0.05) is 13.0 Å². The fourth-order valence-corrected chi connectivity index (χ4v) is 2.93. The van der Waals surface area contributed by atoms with Gasteiger partial charge >= 0.3 is 5.97 Å². The van der Waals surface area contributed by atoms with E-state index in [1.165, 1.54) is 0 Å². The summed E-state index contributed by atoms with van der Waals surface area (Å²) in [7, 11) is 0. The van der Waals surface area contributed by atoms with Gasteiger partial charge in [-0.15, -0.1) is 0 Å². The predicted octanol–water partition coefficient (Wildman–Crippen LogP) is 3.95. The van der Waals surface area contributed by atoms with Gasteiger partial charge in [0.1, 0.15) is 0 Å². The molecule has 0 unspecified atom stereocenters. The van der Waals surface area contributed by atoms with Crippen molar-refractivity contribution < 1.29 is 28.5 Å². The molecular weight excluding hydrogens is 374 g/mol. The molecule has 0 aliphatic carbocycles. The van der Waals surface area contributed by atoms with Crippen molar-refractivity contribution >= 4 is 17.9 Å². The molecular formula is C22H21NO6. The molecule has 0 aromatic heterocycles. The molecule has 4 rings (SSSR count). The highest BCUT2D eigenvalue weighted by Gasteiger charge is 2.26. The van der Waals surface area contributed by atoms with E-state index < -0.39 is 5.97 Å². The van der Waals surface area contributed by atoms with Gasteiger partial charge in [-0.3, -0.25) is 0 Å². The number of fused-ring (bicyclic) bond motifs is 1. The fraction of sp³-hybridized carbons (Fsp3) is 0.273. The Bertz CT molecular complexity index is 995. The lowest BCUT2D eigenvalue weighted by Crippen LogP contribution is -2.05. The van der Waals surface area contributed by atoms with Gasteiger partial charge in [-0.25, -0.2) is 9.79 Å². The highest BCUT2D eigenvalue weighted by Crippen LogP contribution is 2.34. The fourth-order valence-electron chi connectivity index (χ4n) is 2.93. The van der Waals surface area contributed by atoms with Crippen molar-refractivity contribution in [2.24, 2.45) is 4.99 Å². The number of ether oxygens (including phenoxy) is 5. The molecule has 0 N–H and O–H groups in total. The molecule has 0 fully saturated rings. The van der Waals surface area contributed by atoms with Crippen molar-refractivity contribution in [3.05, 3.63) is 53.2 Å². The number of benzene rings is 2. The second-order valence-corrected chi connectivity index (χ2v) is 6.39. The summed E-state index contributed by atoms with van der Waals surface area (Å²) >= 11 is 0. The molecule has 0 saturated carbocycles. The number of hydrogen-bond donors (Lipinski definition) is 0. The van der Waals surface area contributed by atoms with Crippen LogP contribution >= 0.6 is 0 Å². The van der Waals surface area contributed by atoms with Gasteiger partial charge in [-0.05, 0) is 55.3 Å². The number of rotatable bonds is 7. The maximum Gasteiger partial charge on any atom is 0.363 e. The molecule has 7 heteroatoms. The van der Waals surface area contributed by atoms with E-state index in [0.717, 1.165) is 12.0 Å². The van der Waals surface area contributed by atoms with Crippen molar-refractivity contribution in [1.82, 2.24) is 0 Å². The minimum Gasteiger partial charge on any atom is -0.490 e. The van der Waals surface area contributed by atoms with Crippen molar-refractivity contribution in [1.29, 1.82) is 0 Å². The summed E-state index contributed by atoms with van der Waals surface area (Å²) in [5, 5.41) is 0. The van der Waals surface area contributed by atoms with E-state index in [1.54, 1.807) is 24.3 Å². The molecule has 2 aromatic carbocycles. The van der Waals surface area contributed by atoms with Crippen LogP contribution in [0, 0.1) is 0 Å². The first-order valence-electron chi connectivity index (χ1n) is 9.50. The average Bonchev–Trinajstić information content (AvgIpc) is 3.34. The molecule has 2 heterocycles. The van der Waals surface area contributed by atoms with Crippen LogP contribution in [0.5, 0.6) is 23.0 Å². The lowest BCUT2D eigenvalue weighted by atomic mass is 10.1. The van der Waals surface area contributed by atoms with Crippen LogP contribution in [0.2, 0.25) is 0 Å². The third-order valence-corrected chi connectivity index (χ3v) is 4.27. The number of aliphatic imine (C=N–C) groups is 1. The lowest BCUT2D eigenvalue weighted by molar-refractivity contribution is -0.129. The molecule has 150 valence electrons. The molecule has 2 aliphatic rings. The Morgan fingerprint density at radius 2 is 1.90 bits per heavy atom. The number of cyclic esters (lactones) is 1. The second-order valence-electron chi connectivity index (χ2n) is 6.39. The van der Waals surface area contributed by atoms with Crippen LogP contribution in [-0.4, -0.2) is 31.9 Å². The Morgan fingerprint density at radius 1 is 1.03 bits per heavy atom. The topological polar surface area (TPSA) is 75.6 Å². The van der Waals surface area contributed by atoms with Crippen molar-refractivity contribution in [3.63, 3.8) is 0 Å². The summed E-state index contributed by atoms with van der Waals surface area (Å²) in [6.07, 6.45) is 2.56. The van der Waals surface area contributed by atoms with Crippen LogP contribution < -0.4 is 18.9 Å². The Morgan fingerprint density at radius 3 is 2.72 bits per heavy atom. The Hall–Kier alpha value is -3.48. The smallest absolute Gasteiger partial charge is 0.363 e. The van der Waals surface area contributed by atoms with Crippen molar-refractivity contribution in [2.75, 3.05) is 20.0 Å². The van der Waals surface area contributed by atoms with Crippen LogP contribution in [0.1, 0.15) is 31.4 Å². The van der Waals surface area contributed by atoms with Gasteiger partial charge in [0.05, 0.1) is 13.2 Å². The van der Waals surface area contributed by atoms with E-state index in [4.69, 9.17) is 23.7 Å². The minimum atomic E-state index is -0.512. The third kappa shape index (κ3) is 4.03.